The van der Waals surface area contributed by atoms with E-state index < -0.39 is 5.97 Å². The lowest BCUT2D eigenvalue weighted by Gasteiger charge is -2.27. The van der Waals surface area contributed by atoms with Crippen LogP contribution < -0.4 is 4.90 Å². The van der Waals surface area contributed by atoms with Gasteiger partial charge in [-0.2, -0.15) is 5.10 Å². The lowest BCUT2D eigenvalue weighted by molar-refractivity contribution is 0.0690. The third-order valence-corrected chi connectivity index (χ3v) is 4.29. The molecule has 1 atom stereocenters. The Morgan fingerprint density at radius 1 is 1.30 bits per heavy atom. The number of hydrogen-bond acceptors (Lipinski definition) is 3. The third-order valence-electron chi connectivity index (χ3n) is 4.29. The van der Waals surface area contributed by atoms with E-state index in [0.717, 1.165) is 11.3 Å². The number of H-pyrrole nitrogens is 1. The molecule has 120 valence electrons. The van der Waals surface area contributed by atoms with Gasteiger partial charge in [0.2, 0.25) is 0 Å². The Morgan fingerprint density at radius 3 is 2.61 bits per heavy atom. The maximum atomic E-state index is 12.8. The summed E-state index contributed by atoms with van der Waals surface area (Å²) in [5.41, 5.74) is 2.06. The highest BCUT2D eigenvalue weighted by Crippen LogP contribution is 2.45. The number of fused-ring (bicyclic) bond motifs is 1. The number of amides is 1. The smallest absolute Gasteiger partial charge is 0.353 e. The van der Waals surface area contributed by atoms with Crippen molar-refractivity contribution in [1.82, 2.24) is 10.2 Å². The van der Waals surface area contributed by atoms with Crippen LogP contribution in [0.25, 0.3) is 0 Å². The molecule has 1 aliphatic rings. The van der Waals surface area contributed by atoms with Gasteiger partial charge in [0, 0.05) is 24.2 Å². The van der Waals surface area contributed by atoms with Crippen LogP contribution in [-0.4, -0.2) is 33.7 Å². The molecule has 0 spiro atoms. The Morgan fingerprint density at radius 2 is 2.00 bits per heavy atom. The van der Waals surface area contributed by atoms with Crippen LogP contribution in [0.4, 0.5) is 5.69 Å². The largest absolute Gasteiger partial charge is 0.477 e. The van der Waals surface area contributed by atoms with Gasteiger partial charge in [0.15, 0.2) is 5.69 Å². The number of anilines is 1. The number of aromatic nitrogens is 2. The Bertz CT molecular complexity index is 773. The molecule has 6 heteroatoms. The van der Waals surface area contributed by atoms with E-state index in [-0.39, 0.29) is 28.6 Å². The topological polar surface area (TPSA) is 86.3 Å². The van der Waals surface area contributed by atoms with E-state index in [4.69, 9.17) is 5.11 Å². The van der Waals surface area contributed by atoms with E-state index in [1.807, 2.05) is 24.3 Å². The molecule has 0 saturated carbocycles. The second-order valence-corrected chi connectivity index (χ2v) is 6.87. The summed E-state index contributed by atoms with van der Waals surface area (Å²) in [5, 5.41) is 15.2. The van der Waals surface area contributed by atoms with Crippen LogP contribution in [0.5, 0.6) is 0 Å². The number of carboxylic acids is 1. The average molecular weight is 313 g/mol. The normalized spacial score (nSPS) is 17.2. The molecule has 6 nitrogen and oxygen atoms in total. The minimum Gasteiger partial charge on any atom is -0.477 e. The van der Waals surface area contributed by atoms with Gasteiger partial charge in [-0.25, -0.2) is 4.79 Å². The number of carbonyl (C=O) groups is 2. The highest BCUT2D eigenvalue weighted by molar-refractivity contribution is 6.07. The summed E-state index contributed by atoms with van der Waals surface area (Å²) in [6.07, 6.45) is 0. The molecule has 23 heavy (non-hydrogen) atoms. The highest BCUT2D eigenvalue weighted by Gasteiger charge is 2.39. The van der Waals surface area contributed by atoms with Crippen LogP contribution >= 0.6 is 0 Å². The van der Waals surface area contributed by atoms with Crippen LogP contribution in [-0.2, 0) is 0 Å². The van der Waals surface area contributed by atoms with E-state index >= 15 is 0 Å². The van der Waals surface area contributed by atoms with Crippen LogP contribution in [0, 0.1) is 5.41 Å². The summed E-state index contributed by atoms with van der Waals surface area (Å²) in [6, 6.07) is 9.12. The molecular formula is C17H19N3O3. The first-order chi connectivity index (χ1) is 10.8. The molecular weight excluding hydrogens is 294 g/mol. The number of hydrogen-bond donors (Lipinski definition) is 2. The number of nitrogens with zero attached hydrogens (tertiary/aromatic N) is 2. The van der Waals surface area contributed by atoms with Crippen LogP contribution in [0.15, 0.2) is 30.3 Å². The average Bonchev–Trinajstić information content (AvgIpc) is 3.11. The summed E-state index contributed by atoms with van der Waals surface area (Å²) in [7, 11) is 0. The van der Waals surface area contributed by atoms with Crippen molar-refractivity contribution in [2.75, 3.05) is 11.4 Å². The summed E-state index contributed by atoms with van der Waals surface area (Å²) in [5.74, 6) is -1.19. The van der Waals surface area contributed by atoms with Crippen molar-refractivity contribution in [2.45, 2.75) is 26.7 Å². The quantitative estimate of drug-likeness (QED) is 0.892. The van der Waals surface area contributed by atoms with Crippen molar-refractivity contribution in [2.24, 2.45) is 5.41 Å². The van der Waals surface area contributed by atoms with E-state index in [1.54, 1.807) is 4.90 Å². The van der Waals surface area contributed by atoms with Gasteiger partial charge in [-0.1, -0.05) is 39.0 Å². The second kappa shape index (κ2) is 5.22. The Hall–Kier alpha value is -2.63. The van der Waals surface area contributed by atoms with Gasteiger partial charge in [0.1, 0.15) is 5.69 Å². The zero-order chi connectivity index (χ0) is 16.8. The van der Waals surface area contributed by atoms with Crippen LogP contribution in [0.3, 0.4) is 0 Å². The predicted molar refractivity (Wildman–Crippen MR) is 85.9 cm³/mol. The molecule has 1 aromatic heterocycles. The van der Waals surface area contributed by atoms with Crippen molar-refractivity contribution >= 4 is 17.6 Å². The van der Waals surface area contributed by atoms with Crippen LogP contribution in [0.2, 0.25) is 0 Å². The fraction of sp³-hybridized carbons (Fsp3) is 0.353. The maximum absolute atomic E-state index is 12.8. The Balaban J connectivity index is 1.97. The van der Waals surface area contributed by atoms with Gasteiger partial charge >= 0.3 is 5.97 Å². The molecule has 0 bridgehead atoms. The molecule has 0 aliphatic carbocycles. The molecule has 1 unspecified atom stereocenters. The standard InChI is InChI=1S/C17H19N3O3/c1-17(2,3)11-9-20(14-7-5-4-6-10(11)14)15(21)12-8-13(16(22)23)19-18-12/h4-8,11H,9H2,1-3H3,(H,18,19)(H,22,23). The molecule has 0 radical (unpaired) electrons. The molecule has 1 aromatic carbocycles. The SMILES string of the molecule is CC(C)(C)C1CN(C(=O)c2cc(C(=O)O)[nH]n2)c2ccccc21. The summed E-state index contributed by atoms with van der Waals surface area (Å²) in [6.45, 7) is 7.02. The van der Waals surface area contributed by atoms with Gasteiger partial charge in [-0.3, -0.25) is 9.89 Å². The van der Waals surface area contributed by atoms with E-state index in [9.17, 15) is 9.59 Å². The van der Waals surface area contributed by atoms with E-state index in [0.29, 0.717) is 6.54 Å². The lowest BCUT2D eigenvalue weighted by Crippen LogP contribution is -2.32. The first-order valence-electron chi connectivity index (χ1n) is 7.48. The number of rotatable bonds is 2. The van der Waals surface area contributed by atoms with Crippen molar-refractivity contribution in [3.05, 3.63) is 47.3 Å². The third kappa shape index (κ3) is 2.60. The summed E-state index contributed by atoms with van der Waals surface area (Å²) in [4.78, 5) is 25.4. The number of aromatic amines is 1. The van der Waals surface area contributed by atoms with Crippen LogP contribution in [0.1, 0.15) is 53.2 Å². The van der Waals surface area contributed by atoms with Gasteiger partial charge in [0.25, 0.3) is 5.91 Å². The Labute approximate surface area is 134 Å². The lowest BCUT2D eigenvalue weighted by atomic mass is 9.78. The zero-order valence-corrected chi connectivity index (χ0v) is 13.3. The molecule has 1 aliphatic heterocycles. The molecule has 1 amide bonds. The van der Waals surface area contributed by atoms with Crippen molar-refractivity contribution < 1.29 is 14.7 Å². The number of benzene rings is 1. The molecule has 2 heterocycles. The van der Waals surface area contributed by atoms with Gasteiger partial charge in [-0.05, 0) is 17.0 Å². The van der Waals surface area contributed by atoms with Crippen molar-refractivity contribution in [3.8, 4) is 0 Å². The van der Waals surface area contributed by atoms with Crippen molar-refractivity contribution in [3.63, 3.8) is 0 Å². The fourth-order valence-electron chi connectivity index (χ4n) is 3.02. The fourth-order valence-corrected chi connectivity index (χ4v) is 3.02. The summed E-state index contributed by atoms with van der Waals surface area (Å²) < 4.78 is 0. The number of aromatic carboxylic acids is 1. The van der Waals surface area contributed by atoms with Gasteiger partial charge in [-0.15, -0.1) is 0 Å². The van der Waals surface area contributed by atoms with Gasteiger partial charge in [0.05, 0.1) is 0 Å². The minimum atomic E-state index is -1.13. The van der Waals surface area contributed by atoms with E-state index in [1.165, 1.54) is 6.07 Å². The van der Waals surface area contributed by atoms with Crippen molar-refractivity contribution in [1.29, 1.82) is 0 Å². The molecule has 0 fully saturated rings. The second-order valence-electron chi connectivity index (χ2n) is 6.87. The highest BCUT2D eigenvalue weighted by atomic mass is 16.4. The molecule has 0 saturated heterocycles. The maximum Gasteiger partial charge on any atom is 0.353 e. The first-order valence-corrected chi connectivity index (χ1v) is 7.48. The number of nitrogens with one attached hydrogen (secondary N) is 1. The molecule has 3 rings (SSSR count). The monoisotopic (exact) mass is 313 g/mol. The van der Waals surface area contributed by atoms with E-state index in [2.05, 4.69) is 31.0 Å². The predicted octanol–water partition coefficient (Wildman–Crippen LogP) is 2.90. The van der Waals surface area contributed by atoms with Gasteiger partial charge < -0.3 is 10.0 Å². The molecule has 2 aromatic rings. The number of carboxylic acid groups (broad SMARTS) is 1. The first kappa shape index (κ1) is 15.3. The zero-order valence-electron chi connectivity index (χ0n) is 13.3. The minimum absolute atomic E-state index is 0.0168. The number of carbonyl (C=O) groups excluding carboxylic acids is 1. The number of para-hydroxylation sites is 1. The Kier molecular flexibility index (Phi) is 3.47. The summed E-state index contributed by atoms with van der Waals surface area (Å²) >= 11 is 0. The molecule has 2 N–H and O–H groups in total.